The van der Waals surface area contributed by atoms with Crippen LogP contribution in [0.3, 0.4) is 0 Å². The normalized spacial score (nSPS) is 12.7. The average Bonchev–Trinajstić information content (AvgIpc) is 2.43. The van der Waals surface area contributed by atoms with E-state index in [-0.39, 0.29) is 19.8 Å². The number of aliphatic hydroxyl groups is 1. The molecule has 19 heavy (non-hydrogen) atoms. The van der Waals surface area contributed by atoms with Crippen LogP contribution in [-0.4, -0.2) is 51.5 Å². The highest BCUT2D eigenvalue weighted by molar-refractivity contribution is 9.10. The number of halogens is 1. The highest BCUT2D eigenvalue weighted by Gasteiger charge is 2.09. The molecule has 0 aromatic heterocycles. The summed E-state index contributed by atoms with van der Waals surface area (Å²) < 4.78 is 21.6. The molecule has 0 aliphatic carbocycles. The number of rotatable bonds is 9. The SMILES string of the molecule is COC(COCC(O)COc1ccc(Br)cc1)OC. The molecule has 5 nitrogen and oxygen atoms in total. The summed E-state index contributed by atoms with van der Waals surface area (Å²) in [6, 6.07) is 7.40. The van der Waals surface area contributed by atoms with E-state index in [1.54, 1.807) is 0 Å². The fraction of sp³-hybridized carbons (Fsp3) is 0.538. The highest BCUT2D eigenvalue weighted by Crippen LogP contribution is 2.16. The molecule has 0 saturated carbocycles. The Kier molecular flexibility index (Phi) is 8.00. The monoisotopic (exact) mass is 334 g/mol. The number of hydrogen-bond donors (Lipinski definition) is 1. The predicted octanol–water partition coefficient (Wildman–Crippen LogP) is 1.82. The summed E-state index contributed by atoms with van der Waals surface area (Å²) in [6.07, 6.45) is -1.11. The van der Waals surface area contributed by atoms with Crippen molar-refractivity contribution >= 4 is 15.9 Å². The van der Waals surface area contributed by atoms with Crippen LogP contribution in [0.15, 0.2) is 28.7 Å². The molecule has 0 aliphatic heterocycles. The first-order valence-corrected chi connectivity index (χ1v) is 6.64. The molecule has 108 valence electrons. The van der Waals surface area contributed by atoms with Gasteiger partial charge in [-0.2, -0.15) is 0 Å². The first-order valence-electron chi connectivity index (χ1n) is 5.85. The molecular formula is C13H19BrO5. The second-order valence-electron chi connectivity index (χ2n) is 3.86. The smallest absolute Gasteiger partial charge is 0.180 e. The molecule has 0 heterocycles. The number of hydrogen-bond acceptors (Lipinski definition) is 5. The number of aliphatic hydroxyl groups excluding tert-OH is 1. The second kappa shape index (κ2) is 9.28. The van der Waals surface area contributed by atoms with Crippen LogP contribution in [0.25, 0.3) is 0 Å². The van der Waals surface area contributed by atoms with Gasteiger partial charge in [-0.25, -0.2) is 0 Å². The molecule has 1 aromatic carbocycles. The van der Waals surface area contributed by atoms with Crippen LogP contribution >= 0.6 is 15.9 Å². The number of benzene rings is 1. The van der Waals surface area contributed by atoms with Crippen LogP contribution in [0.4, 0.5) is 0 Å². The standard InChI is InChI=1S/C13H19BrO5/c1-16-13(17-2)9-18-7-11(15)8-19-12-5-3-10(14)4-6-12/h3-6,11,13,15H,7-9H2,1-2H3. The van der Waals surface area contributed by atoms with Crippen LogP contribution < -0.4 is 4.74 Å². The zero-order chi connectivity index (χ0) is 14.1. The largest absolute Gasteiger partial charge is 0.491 e. The van der Waals surface area contributed by atoms with Crippen molar-refractivity contribution in [1.82, 2.24) is 0 Å². The third-order valence-corrected chi connectivity index (χ3v) is 2.87. The van der Waals surface area contributed by atoms with Crippen molar-refractivity contribution in [2.45, 2.75) is 12.4 Å². The minimum Gasteiger partial charge on any atom is -0.491 e. The molecular weight excluding hydrogens is 316 g/mol. The van der Waals surface area contributed by atoms with Gasteiger partial charge in [0, 0.05) is 18.7 Å². The van der Waals surface area contributed by atoms with E-state index in [2.05, 4.69) is 15.9 Å². The van der Waals surface area contributed by atoms with Crippen LogP contribution in [0.1, 0.15) is 0 Å². The van der Waals surface area contributed by atoms with Crippen LogP contribution in [0, 0.1) is 0 Å². The van der Waals surface area contributed by atoms with E-state index in [4.69, 9.17) is 18.9 Å². The lowest BCUT2D eigenvalue weighted by atomic mass is 10.3. The summed E-state index contributed by atoms with van der Waals surface area (Å²) in [7, 11) is 3.06. The minimum atomic E-state index is -0.696. The van der Waals surface area contributed by atoms with Gasteiger partial charge >= 0.3 is 0 Å². The molecule has 1 aromatic rings. The maximum absolute atomic E-state index is 9.68. The summed E-state index contributed by atoms with van der Waals surface area (Å²) in [5.74, 6) is 0.703. The molecule has 0 spiro atoms. The lowest BCUT2D eigenvalue weighted by Crippen LogP contribution is -2.27. The van der Waals surface area contributed by atoms with E-state index in [9.17, 15) is 5.11 Å². The Morgan fingerprint density at radius 1 is 1.05 bits per heavy atom. The Morgan fingerprint density at radius 3 is 2.26 bits per heavy atom. The summed E-state index contributed by atoms with van der Waals surface area (Å²) in [5.41, 5.74) is 0. The third-order valence-electron chi connectivity index (χ3n) is 2.35. The van der Waals surface area contributed by atoms with Crippen LogP contribution in [-0.2, 0) is 14.2 Å². The molecule has 0 bridgehead atoms. The fourth-order valence-electron chi connectivity index (χ4n) is 1.30. The van der Waals surface area contributed by atoms with Gasteiger partial charge in [-0.1, -0.05) is 15.9 Å². The van der Waals surface area contributed by atoms with Crippen molar-refractivity contribution in [2.24, 2.45) is 0 Å². The van der Waals surface area contributed by atoms with Crippen molar-refractivity contribution in [3.8, 4) is 5.75 Å². The van der Waals surface area contributed by atoms with E-state index in [0.29, 0.717) is 5.75 Å². The topological polar surface area (TPSA) is 57.2 Å². The number of ether oxygens (including phenoxy) is 4. The lowest BCUT2D eigenvalue weighted by molar-refractivity contribution is -0.147. The summed E-state index contributed by atoms with van der Waals surface area (Å²) in [6.45, 7) is 0.606. The van der Waals surface area contributed by atoms with Gasteiger partial charge in [0.2, 0.25) is 0 Å². The lowest BCUT2D eigenvalue weighted by Gasteiger charge is -2.16. The van der Waals surface area contributed by atoms with Gasteiger partial charge in [0.05, 0.1) is 13.2 Å². The molecule has 1 rings (SSSR count). The molecule has 0 fully saturated rings. The van der Waals surface area contributed by atoms with Gasteiger partial charge in [-0.05, 0) is 24.3 Å². The Balaban J connectivity index is 2.17. The highest BCUT2D eigenvalue weighted by atomic mass is 79.9. The molecule has 1 unspecified atom stereocenters. The van der Waals surface area contributed by atoms with Gasteiger partial charge in [-0.3, -0.25) is 0 Å². The Morgan fingerprint density at radius 2 is 1.68 bits per heavy atom. The number of methoxy groups -OCH3 is 2. The summed E-state index contributed by atoms with van der Waals surface area (Å²) in [4.78, 5) is 0. The maximum atomic E-state index is 9.68. The summed E-state index contributed by atoms with van der Waals surface area (Å²) in [5, 5.41) is 9.68. The molecule has 0 aliphatic rings. The fourth-order valence-corrected chi connectivity index (χ4v) is 1.57. The van der Waals surface area contributed by atoms with Crippen molar-refractivity contribution in [3.05, 3.63) is 28.7 Å². The zero-order valence-electron chi connectivity index (χ0n) is 11.0. The van der Waals surface area contributed by atoms with E-state index in [0.717, 1.165) is 4.47 Å². The Labute approximate surface area is 121 Å². The van der Waals surface area contributed by atoms with Gasteiger partial charge in [0.25, 0.3) is 0 Å². The van der Waals surface area contributed by atoms with Gasteiger partial charge in [-0.15, -0.1) is 0 Å². The molecule has 1 atom stereocenters. The quantitative estimate of drug-likeness (QED) is 0.698. The Hall–Kier alpha value is -0.660. The molecule has 1 N–H and O–H groups in total. The molecule has 0 saturated heterocycles. The zero-order valence-corrected chi connectivity index (χ0v) is 12.6. The van der Waals surface area contributed by atoms with Crippen molar-refractivity contribution < 1.29 is 24.1 Å². The van der Waals surface area contributed by atoms with E-state index >= 15 is 0 Å². The van der Waals surface area contributed by atoms with E-state index < -0.39 is 12.4 Å². The van der Waals surface area contributed by atoms with Crippen molar-refractivity contribution in [3.63, 3.8) is 0 Å². The maximum Gasteiger partial charge on any atom is 0.180 e. The van der Waals surface area contributed by atoms with Gasteiger partial charge in [0.1, 0.15) is 18.5 Å². The first kappa shape index (κ1) is 16.4. The predicted molar refractivity (Wildman–Crippen MR) is 74.3 cm³/mol. The Bertz CT molecular complexity index is 339. The molecule has 0 radical (unpaired) electrons. The minimum absolute atomic E-state index is 0.166. The second-order valence-corrected chi connectivity index (χ2v) is 4.77. The third kappa shape index (κ3) is 6.89. The first-order chi connectivity index (χ1) is 9.15. The van der Waals surface area contributed by atoms with Crippen LogP contribution in [0.5, 0.6) is 5.75 Å². The average molecular weight is 335 g/mol. The molecule has 0 amide bonds. The van der Waals surface area contributed by atoms with Crippen molar-refractivity contribution in [1.29, 1.82) is 0 Å². The van der Waals surface area contributed by atoms with Gasteiger partial charge < -0.3 is 24.1 Å². The van der Waals surface area contributed by atoms with Crippen LogP contribution in [0.2, 0.25) is 0 Å². The molecule has 6 heteroatoms. The van der Waals surface area contributed by atoms with E-state index in [1.165, 1.54) is 14.2 Å². The van der Waals surface area contributed by atoms with E-state index in [1.807, 2.05) is 24.3 Å². The van der Waals surface area contributed by atoms with Crippen molar-refractivity contribution in [2.75, 3.05) is 34.0 Å². The van der Waals surface area contributed by atoms with Gasteiger partial charge in [0.15, 0.2) is 6.29 Å². The summed E-state index contributed by atoms with van der Waals surface area (Å²) >= 11 is 3.34.